The van der Waals surface area contributed by atoms with Gasteiger partial charge in [0, 0.05) is 36.3 Å². The summed E-state index contributed by atoms with van der Waals surface area (Å²) in [6.07, 6.45) is 0.895. The standard InChI is InChI=1S/C24H25F4N3O2/c1-5-7-12-29-17(4)20-10-9-19(25)13-21(20)23(32)31(6-2)16(3)15-33-22-11-8-18(14-30-22)24(26,27)28/h5,7-14,16H,1,6,15H2,2-4H3/b12-7-,29-17?/t16-/m0/s1. The first-order valence-corrected chi connectivity index (χ1v) is 10.2. The van der Waals surface area contributed by atoms with Gasteiger partial charge in [0.2, 0.25) is 5.88 Å². The maximum absolute atomic E-state index is 14.0. The van der Waals surface area contributed by atoms with Crippen LogP contribution in [-0.4, -0.2) is 40.7 Å². The van der Waals surface area contributed by atoms with Crippen molar-refractivity contribution in [3.05, 3.63) is 84.0 Å². The van der Waals surface area contributed by atoms with Gasteiger partial charge in [-0.2, -0.15) is 13.2 Å². The molecule has 0 aliphatic rings. The number of amides is 1. The summed E-state index contributed by atoms with van der Waals surface area (Å²) in [5, 5.41) is 0. The molecule has 1 heterocycles. The van der Waals surface area contributed by atoms with E-state index in [4.69, 9.17) is 4.74 Å². The van der Waals surface area contributed by atoms with E-state index in [1.807, 2.05) is 0 Å². The Labute approximate surface area is 190 Å². The van der Waals surface area contributed by atoms with Gasteiger partial charge in [-0.1, -0.05) is 12.7 Å². The number of carbonyl (C=O) groups excluding carboxylic acids is 1. The van der Waals surface area contributed by atoms with Crippen molar-refractivity contribution >= 4 is 11.6 Å². The number of benzene rings is 1. The fraction of sp³-hybridized carbons (Fsp3) is 0.292. The Kier molecular flexibility index (Phi) is 8.90. The van der Waals surface area contributed by atoms with Crippen molar-refractivity contribution in [1.82, 2.24) is 9.88 Å². The first kappa shape index (κ1) is 25.8. The van der Waals surface area contributed by atoms with Crippen LogP contribution in [0.3, 0.4) is 0 Å². The van der Waals surface area contributed by atoms with Gasteiger partial charge in [0.05, 0.1) is 17.2 Å². The SMILES string of the molecule is C=C/C=C\N=C(C)c1ccc(F)cc1C(=O)N(CC)[C@@H](C)COc1ccc(C(F)(F)F)cn1. The molecule has 0 saturated heterocycles. The summed E-state index contributed by atoms with van der Waals surface area (Å²) in [4.78, 5) is 22.7. The highest BCUT2D eigenvalue weighted by atomic mass is 19.4. The minimum atomic E-state index is -4.49. The number of halogens is 4. The molecule has 1 aromatic carbocycles. The van der Waals surface area contributed by atoms with E-state index >= 15 is 0 Å². The van der Waals surface area contributed by atoms with Crippen LogP contribution in [0.2, 0.25) is 0 Å². The average Bonchev–Trinajstić information content (AvgIpc) is 2.77. The lowest BCUT2D eigenvalue weighted by Crippen LogP contribution is -2.42. The van der Waals surface area contributed by atoms with Crippen molar-refractivity contribution in [3.63, 3.8) is 0 Å². The van der Waals surface area contributed by atoms with Crippen molar-refractivity contribution in [1.29, 1.82) is 0 Å². The number of pyridine rings is 1. The molecule has 0 N–H and O–H groups in total. The summed E-state index contributed by atoms with van der Waals surface area (Å²) in [7, 11) is 0. The third-order valence-electron chi connectivity index (χ3n) is 4.76. The first-order chi connectivity index (χ1) is 15.6. The molecule has 0 spiro atoms. The summed E-state index contributed by atoms with van der Waals surface area (Å²) in [6, 6.07) is 5.42. The number of rotatable bonds is 9. The van der Waals surface area contributed by atoms with Crippen molar-refractivity contribution in [3.8, 4) is 5.88 Å². The van der Waals surface area contributed by atoms with Crippen molar-refractivity contribution < 1.29 is 27.1 Å². The second kappa shape index (κ2) is 11.4. The van der Waals surface area contributed by atoms with Crippen molar-refractivity contribution in [2.75, 3.05) is 13.2 Å². The molecule has 2 aromatic rings. The predicted octanol–water partition coefficient (Wildman–Crippen LogP) is 5.68. The maximum Gasteiger partial charge on any atom is 0.417 e. The molecule has 0 fully saturated rings. The molecule has 9 heteroatoms. The van der Waals surface area contributed by atoms with Gasteiger partial charge in [-0.3, -0.25) is 9.79 Å². The molecule has 5 nitrogen and oxygen atoms in total. The normalized spacial score (nSPS) is 13.1. The highest BCUT2D eigenvalue weighted by molar-refractivity contribution is 6.09. The Balaban J connectivity index is 2.20. The van der Waals surface area contributed by atoms with Crippen LogP contribution in [0.1, 0.15) is 42.3 Å². The van der Waals surface area contributed by atoms with Gasteiger partial charge in [-0.25, -0.2) is 9.37 Å². The number of aromatic nitrogens is 1. The van der Waals surface area contributed by atoms with Gasteiger partial charge < -0.3 is 9.64 Å². The molecular weight excluding hydrogens is 438 g/mol. The number of nitrogens with zero attached hydrogens (tertiary/aromatic N) is 3. The van der Waals surface area contributed by atoms with Gasteiger partial charge in [0.15, 0.2) is 0 Å². The summed E-state index contributed by atoms with van der Waals surface area (Å²) in [5.74, 6) is -0.988. The van der Waals surface area contributed by atoms with E-state index in [2.05, 4.69) is 16.6 Å². The molecule has 1 amide bonds. The van der Waals surface area contributed by atoms with Crippen LogP contribution in [0.4, 0.5) is 17.6 Å². The van der Waals surface area contributed by atoms with Crippen LogP contribution in [0, 0.1) is 5.82 Å². The maximum atomic E-state index is 14.0. The van der Waals surface area contributed by atoms with Crippen molar-refractivity contribution in [2.24, 2.45) is 4.99 Å². The zero-order valence-corrected chi connectivity index (χ0v) is 18.6. The highest BCUT2D eigenvalue weighted by Gasteiger charge is 2.31. The molecule has 0 bridgehead atoms. The second-order valence-electron chi connectivity index (χ2n) is 7.12. The van der Waals surface area contributed by atoms with Gasteiger partial charge in [0.1, 0.15) is 12.4 Å². The number of alkyl halides is 3. The van der Waals surface area contributed by atoms with Crippen LogP contribution in [-0.2, 0) is 6.18 Å². The molecule has 0 saturated carbocycles. The third-order valence-corrected chi connectivity index (χ3v) is 4.76. The van der Waals surface area contributed by atoms with Crippen molar-refractivity contribution in [2.45, 2.75) is 33.0 Å². The number of carbonyl (C=O) groups is 1. The Morgan fingerprint density at radius 3 is 2.58 bits per heavy atom. The predicted molar refractivity (Wildman–Crippen MR) is 119 cm³/mol. The zero-order chi connectivity index (χ0) is 24.6. The van der Waals surface area contributed by atoms with Gasteiger partial charge in [-0.15, -0.1) is 0 Å². The lowest BCUT2D eigenvalue weighted by atomic mass is 10.0. The van der Waals surface area contributed by atoms with Crippen LogP contribution in [0.25, 0.3) is 0 Å². The molecule has 0 radical (unpaired) electrons. The van der Waals surface area contributed by atoms with E-state index in [1.165, 1.54) is 23.2 Å². The minimum Gasteiger partial charge on any atom is -0.475 e. The second-order valence-corrected chi connectivity index (χ2v) is 7.12. The van der Waals surface area contributed by atoms with E-state index in [1.54, 1.807) is 32.9 Å². The Hall–Kier alpha value is -3.49. The monoisotopic (exact) mass is 463 g/mol. The molecule has 1 aromatic heterocycles. The van der Waals surface area contributed by atoms with Gasteiger partial charge >= 0.3 is 6.18 Å². The number of hydrogen-bond donors (Lipinski definition) is 0. The van der Waals surface area contributed by atoms with Gasteiger partial charge in [-0.05, 0) is 51.1 Å². The van der Waals surface area contributed by atoms with Crippen LogP contribution in [0.5, 0.6) is 5.88 Å². The molecule has 1 atom stereocenters. The molecule has 176 valence electrons. The average molecular weight is 463 g/mol. The molecule has 33 heavy (non-hydrogen) atoms. The fourth-order valence-electron chi connectivity index (χ4n) is 3.03. The Bertz CT molecular complexity index is 1030. The Morgan fingerprint density at radius 1 is 1.27 bits per heavy atom. The van der Waals surface area contributed by atoms with E-state index in [0.29, 0.717) is 24.0 Å². The third kappa shape index (κ3) is 7.00. The smallest absolute Gasteiger partial charge is 0.417 e. The number of likely N-dealkylation sites (N-methyl/N-ethyl adjacent to an activating group) is 1. The summed E-state index contributed by atoms with van der Waals surface area (Å²) in [6.45, 7) is 9.03. The lowest BCUT2D eigenvalue weighted by molar-refractivity contribution is -0.137. The van der Waals surface area contributed by atoms with Crippen LogP contribution < -0.4 is 4.74 Å². The molecular formula is C24H25F4N3O2. The van der Waals surface area contributed by atoms with E-state index in [-0.39, 0.29) is 18.1 Å². The van der Waals surface area contributed by atoms with Crippen LogP contribution in [0.15, 0.2) is 66.5 Å². The largest absolute Gasteiger partial charge is 0.475 e. The summed E-state index contributed by atoms with van der Waals surface area (Å²) < 4.78 is 57.5. The number of ether oxygens (including phenoxy) is 1. The minimum absolute atomic E-state index is 0.00165. The lowest BCUT2D eigenvalue weighted by Gasteiger charge is -2.28. The topological polar surface area (TPSA) is 54.8 Å². The molecule has 0 unspecified atom stereocenters. The Morgan fingerprint density at radius 2 is 2.00 bits per heavy atom. The van der Waals surface area contributed by atoms with E-state index < -0.39 is 29.5 Å². The van der Waals surface area contributed by atoms with Crippen LogP contribution >= 0.6 is 0 Å². The van der Waals surface area contributed by atoms with E-state index in [9.17, 15) is 22.4 Å². The highest BCUT2D eigenvalue weighted by Crippen LogP contribution is 2.29. The fourth-order valence-corrected chi connectivity index (χ4v) is 3.03. The summed E-state index contributed by atoms with van der Waals surface area (Å²) >= 11 is 0. The first-order valence-electron chi connectivity index (χ1n) is 10.2. The number of hydrogen-bond acceptors (Lipinski definition) is 4. The molecule has 0 aliphatic heterocycles. The zero-order valence-electron chi connectivity index (χ0n) is 18.6. The van der Waals surface area contributed by atoms with E-state index in [0.717, 1.165) is 18.2 Å². The molecule has 0 aliphatic carbocycles. The number of aliphatic imine (C=N–C) groups is 1. The van der Waals surface area contributed by atoms with Gasteiger partial charge in [0.25, 0.3) is 5.91 Å². The quantitative estimate of drug-likeness (QED) is 0.273. The number of allylic oxidation sites excluding steroid dienone is 2. The molecule has 2 rings (SSSR count). The summed E-state index contributed by atoms with van der Waals surface area (Å²) in [5.41, 5.74) is 0.257.